The van der Waals surface area contributed by atoms with E-state index in [0.29, 0.717) is 6.04 Å². The molecule has 1 aromatic carbocycles. The minimum absolute atomic E-state index is 0.360. The summed E-state index contributed by atoms with van der Waals surface area (Å²) < 4.78 is 0. The number of nitrogens with one attached hydrogen (secondary N) is 1. The largest absolute Gasteiger partial charge is 0.304 e. The molecule has 1 aromatic heterocycles. The third-order valence-corrected chi connectivity index (χ3v) is 4.19. The van der Waals surface area contributed by atoms with E-state index in [2.05, 4.69) is 55.3 Å². The van der Waals surface area contributed by atoms with Crippen LogP contribution >= 0.6 is 11.3 Å². The number of benzene rings is 1. The molecular formula is C15H20N2S. The van der Waals surface area contributed by atoms with Gasteiger partial charge in [-0.05, 0) is 25.8 Å². The van der Waals surface area contributed by atoms with Gasteiger partial charge in [-0.15, -0.1) is 11.3 Å². The number of aromatic nitrogens is 1. The average Bonchev–Trinajstić information content (AvgIpc) is 2.84. The summed E-state index contributed by atoms with van der Waals surface area (Å²) in [5, 5.41) is 4.70. The molecular weight excluding hydrogens is 240 g/mol. The highest BCUT2D eigenvalue weighted by Gasteiger charge is 2.06. The van der Waals surface area contributed by atoms with Gasteiger partial charge in [0.25, 0.3) is 0 Å². The van der Waals surface area contributed by atoms with Crippen LogP contribution in [0.5, 0.6) is 0 Å². The Morgan fingerprint density at radius 2 is 2.22 bits per heavy atom. The third kappa shape index (κ3) is 3.40. The number of nitrogens with zero attached hydrogens (tertiary/aromatic N) is 1. The van der Waals surface area contributed by atoms with Crippen molar-refractivity contribution in [3.05, 3.63) is 51.5 Å². The smallest absolute Gasteiger partial charge is 0.107 e. The van der Waals surface area contributed by atoms with E-state index < -0.39 is 0 Å². The molecule has 3 heteroatoms. The maximum absolute atomic E-state index is 4.43. The summed E-state index contributed by atoms with van der Waals surface area (Å²) in [5.41, 5.74) is 2.64. The summed E-state index contributed by atoms with van der Waals surface area (Å²) in [5.74, 6) is 0. The first-order valence-electron chi connectivity index (χ1n) is 6.42. The van der Waals surface area contributed by atoms with E-state index in [-0.39, 0.29) is 0 Å². The molecule has 1 heterocycles. The van der Waals surface area contributed by atoms with Crippen molar-refractivity contribution in [3.8, 4) is 0 Å². The van der Waals surface area contributed by atoms with E-state index in [1.54, 1.807) is 11.3 Å². The van der Waals surface area contributed by atoms with Crippen molar-refractivity contribution in [3.63, 3.8) is 0 Å². The van der Waals surface area contributed by atoms with E-state index >= 15 is 0 Å². The van der Waals surface area contributed by atoms with Crippen LogP contribution in [0.2, 0.25) is 0 Å². The van der Waals surface area contributed by atoms with Gasteiger partial charge < -0.3 is 5.32 Å². The molecule has 2 aromatic rings. The first-order chi connectivity index (χ1) is 8.69. The van der Waals surface area contributed by atoms with Crippen LogP contribution in [-0.2, 0) is 13.0 Å². The number of aryl methyl sites for hydroxylation is 2. The normalized spacial score (nSPS) is 12.6. The molecule has 96 valence electrons. The van der Waals surface area contributed by atoms with Gasteiger partial charge in [-0.3, -0.25) is 0 Å². The van der Waals surface area contributed by atoms with Gasteiger partial charge in [-0.2, -0.15) is 0 Å². The van der Waals surface area contributed by atoms with Gasteiger partial charge in [0.15, 0.2) is 0 Å². The molecule has 1 atom stereocenters. The van der Waals surface area contributed by atoms with E-state index in [0.717, 1.165) is 13.0 Å². The van der Waals surface area contributed by atoms with E-state index in [1.807, 2.05) is 6.20 Å². The minimum Gasteiger partial charge on any atom is -0.304 e. The Labute approximate surface area is 113 Å². The highest BCUT2D eigenvalue weighted by atomic mass is 32.1. The molecule has 2 nitrogen and oxygen atoms in total. The second kappa shape index (κ2) is 6.12. The Hall–Kier alpha value is -1.19. The Kier molecular flexibility index (Phi) is 4.50. The Balaban J connectivity index is 1.93. The third-order valence-electron chi connectivity index (χ3n) is 3.05. The first-order valence-corrected chi connectivity index (χ1v) is 7.24. The molecule has 0 radical (unpaired) electrons. The van der Waals surface area contributed by atoms with E-state index in [4.69, 9.17) is 0 Å². The summed E-state index contributed by atoms with van der Waals surface area (Å²) in [4.78, 5) is 5.78. The molecule has 0 amide bonds. The lowest BCUT2D eigenvalue weighted by molar-refractivity contribution is 0.573. The van der Waals surface area contributed by atoms with Crippen LogP contribution in [0, 0.1) is 6.92 Å². The molecule has 0 fully saturated rings. The lowest BCUT2D eigenvalue weighted by Gasteiger charge is -2.13. The maximum atomic E-state index is 4.43. The fourth-order valence-electron chi connectivity index (χ4n) is 1.89. The Morgan fingerprint density at radius 1 is 1.39 bits per heavy atom. The Morgan fingerprint density at radius 3 is 2.89 bits per heavy atom. The molecule has 0 saturated heterocycles. The van der Waals surface area contributed by atoms with Gasteiger partial charge in [0.2, 0.25) is 0 Å². The fourth-order valence-corrected chi connectivity index (χ4v) is 2.70. The van der Waals surface area contributed by atoms with Crippen LogP contribution in [0.1, 0.15) is 40.9 Å². The minimum atomic E-state index is 0.360. The van der Waals surface area contributed by atoms with Crippen LogP contribution in [0.4, 0.5) is 0 Å². The number of hydrogen-bond acceptors (Lipinski definition) is 3. The molecule has 0 saturated carbocycles. The lowest BCUT2D eigenvalue weighted by Crippen LogP contribution is -2.17. The maximum Gasteiger partial charge on any atom is 0.107 e. The van der Waals surface area contributed by atoms with Crippen molar-refractivity contribution < 1.29 is 0 Å². The number of hydrogen-bond donors (Lipinski definition) is 1. The number of thiazole rings is 1. The molecule has 2 rings (SSSR count). The van der Waals surface area contributed by atoms with Gasteiger partial charge >= 0.3 is 0 Å². The molecule has 0 spiro atoms. The summed E-state index contributed by atoms with van der Waals surface area (Å²) >= 11 is 1.80. The summed E-state index contributed by atoms with van der Waals surface area (Å²) in [6, 6.07) is 9.01. The molecule has 0 aliphatic carbocycles. The van der Waals surface area contributed by atoms with Gasteiger partial charge in [-0.1, -0.05) is 36.8 Å². The zero-order valence-corrected chi connectivity index (χ0v) is 12.1. The predicted molar refractivity (Wildman–Crippen MR) is 77.9 cm³/mol. The van der Waals surface area contributed by atoms with Crippen LogP contribution < -0.4 is 5.32 Å². The zero-order valence-electron chi connectivity index (χ0n) is 11.2. The molecule has 0 bridgehead atoms. The van der Waals surface area contributed by atoms with Crippen LogP contribution in [0.25, 0.3) is 0 Å². The molecule has 0 aliphatic rings. The van der Waals surface area contributed by atoms with Crippen molar-refractivity contribution in [2.45, 2.75) is 39.8 Å². The zero-order chi connectivity index (χ0) is 13.0. The van der Waals surface area contributed by atoms with Gasteiger partial charge in [-0.25, -0.2) is 4.98 Å². The quantitative estimate of drug-likeness (QED) is 0.883. The monoisotopic (exact) mass is 260 g/mol. The molecule has 0 aliphatic heterocycles. The van der Waals surface area contributed by atoms with Crippen molar-refractivity contribution in [2.75, 3.05) is 0 Å². The van der Waals surface area contributed by atoms with E-state index in [9.17, 15) is 0 Å². The highest BCUT2D eigenvalue weighted by molar-refractivity contribution is 7.11. The number of rotatable bonds is 5. The van der Waals surface area contributed by atoms with Crippen LogP contribution in [0.15, 0.2) is 30.5 Å². The van der Waals surface area contributed by atoms with Gasteiger partial charge in [0, 0.05) is 23.7 Å². The van der Waals surface area contributed by atoms with E-state index in [1.165, 1.54) is 21.0 Å². The highest BCUT2D eigenvalue weighted by Crippen LogP contribution is 2.17. The molecule has 1 unspecified atom stereocenters. The van der Waals surface area contributed by atoms with Crippen molar-refractivity contribution in [1.82, 2.24) is 10.3 Å². The molecule has 1 N–H and O–H groups in total. The van der Waals surface area contributed by atoms with Crippen molar-refractivity contribution in [2.24, 2.45) is 0 Å². The second-order valence-corrected chi connectivity index (χ2v) is 5.79. The first kappa shape index (κ1) is 13.2. The average molecular weight is 260 g/mol. The summed E-state index contributed by atoms with van der Waals surface area (Å²) in [6.07, 6.45) is 3.06. The molecule has 18 heavy (non-hydrogen) atoms. The second-order valence-electron chi connectivity index (χ2n) is 4.59. The Bertz CT molecular complexity index is 505. The van der Waals surface area contributed by atoms with Crippen molar-refractivity contribution >= 4 is 11.3 Å². The predicted octanol–water partition coefficient (Wildman–Crippen LogP) is 3.86. The van der Waals surface area contributed by atoms with Gasteiger partial charge in [0.1, 0.15) is 5.01 Å². The fraction of sp³-hybridized carbons (Fsp3) is 0.400. The van der Waals surface area contributed by atoms with Crippen LogP contribution in [-0.4, -0.2) is 4.98 Å². The standard InChI is InChI=1S/C15H20N2S/c1-4-14-9-17-15(18-14)10-16-12(3)13-7-5-6-11(2)8-13/h5-9,12,16H,4,10H2,1-3H3. The SMILES string of the molecule is CCc1cnc(CNC(C)c2cccc(C)c2)s1. The topological polar surface area (TPSA) is 24.9 Å². The lowest BCUT2D eigenvalue weighted by atomic mass is 10.1. The van der Waals surface area contributed by atoms with Gasteiger partial charge in [0.05, 0.1) is 0 Å². The summed E-state index contributed by atoms with van der Waals surface area (Å²) in [7, 11) is 0. The van der Waals surface area contributed by atoms with Crippen molar-refractivity contribution in [1.29, 1.82) is 0 Å². The summed E-state index contributed by atoms with van der Waals surface area (Å²) in [6.45, 7) is 7.34. The van der Waals surface area contributed by atoms with Crippen LogP contribution in [0.3, 0.4) is 0 Å².